The number of pyridine rings is 1. The van der Waals surface area contributed by atoms with Crippen LogP contribution in [0.5, 0.6) is 0 Å². The van der Waals surface area contributed by atoms with Gasteiger partial charge in [0.25, 0.3) is 0 Å². The number of amides is 3. The molecule has 1 fully saturated rings. The van der Waals surface area contributed by atoms with Crippen molar-refractivity contribution in [3.63, 3.8) is 0 Å². The minimum absolute atomic E-state index is 0.0188. The number of para-hydroxylation sites is 2. The monoisotopic (exact) mass is 427 g/mol. The molecule has 0 radical (unpaired) electrons. The van der Waals surface area contributed by atoms with E-state index in [1.165, 1.54) is 36.4 Å². The van der Waals surface area contributed by atoms with Gasteiger partial charge in [0, 0.05) is 18.8 Å². The number of carbonyl (C=O) groups excluding carboxylic acids is 2. The number of carbonyl (C=O) groups is 2. The number of alkyl halides is 3. The summed E-state index contributed by atoms with van der Waals surface area (Å²) in [6.07, 6.45) is -3.29. The van der Waals surface area contributed by atoms with Crippen molar-refractivity contribution in [1.82, 2.24) is 15.6 Å². The second-order valence-corrected chi connectivity index (χ2v) is 6.71. The Hall–Kier alpha value is -2.85. The summed E-state index contributed by atoms with van der Waals surface area (Å²) in [5.41, 5.74) is -0.158. The van der Waals surface area contributed by atoms with Crippen LogP contribution in [0.25, 0.3) is 0 Å². The number of hydrogen-bond acceptors (Lipinski definition) is 4. The second-order valence-electron chi connectivity index (χ2n) is 6.28. The van der Waals surface area contributed by atoms with Crippen molar-refractivity contribution >= 4 is 40.7 Å². The van der Waals surface area contributed by atoms with Crippen molar-refractivity contribution < 1.29 is 22.8 Å². The van der Waals surface area contributed by atoms with Crippen LogP contribution in [0.1, 0.15) is 6.42 Å². The molecule has 1 aliphatic heterocycles. The third-order valence-corrected chi connectivity index (χ3v) is 4.40. The second kappa shape index (κ2) is 8.66. The third-order valence-electron chi connectivity index (χ3n) is 4.18. The van der Waals surface area contributed by atoms with E-state index in [4.69, 9.17) is 11.6 Å². The van der Waals surface area contributed by atoms with Crippen LogP contribution in [0, 0.1) is 0 Å². The van der Waals surface area contributed by atoms with E-state index in [9.17, 15) is 22.8 Å². The van der Waals surface area contributed by atoms with Gasteiger partial charge in [0.2, 0.25) is 0 Å². The topological polar surface area (TPSA) is 86.4 Å². The minimum Gasteiger partial charge on any atom is -0.334 e. The Labute approximate surface area is 169 Å². The van der Waals surface area contributed by atoms with Crippen LogP contribution >= 0.6 is 11.6 Å². The van der Waals surface area contributed by atoms with Gasteiger partial charge in [-0.05, 0) is 37.2 Å². The van der Waals surface area contributed by atoms with Crippen LogP contribution in [-0.4, -0.2) is 42.2 Å². The SMILES string of the molecule is O=C(Nc1ccccc1N(C(=O)C(F)(F)F)c1ccc(Cl)cn1)NC1CCNC1. The van der Waals surface area contributed by atoms with E-state index in [1.807, 2.05) is 0 Å². The number of aromatic nitrogens is 1. The first-order valence-electron chi connectivity index (χ1n) is 8.66. The van der Waals surface area contributed by atoms with E-state index in [1.54, 1.807) is 0 Å². The Bertz CT molecular complexity index is 886. The smallest absolute Gasteiger partial charge is 0.334 e. The molecular formula is C18H17ClF3N5O2. The van der Waals surface area contributed by atoms with Crippen LogP contribution in [0.4, 0.5) is 35.2 Å². The number of rotatable bonds is 4. The molecule has 29 heavy (non-hydrogen) atoms. The van der Waals surface area contributed by atoms with Crippen LogP contribution in [0.2, 0.25) is 5.02 Å². The number of benzene rings is 1. The highest BCUT2D eigenvalue weighted by atomic mass is 35.5. The summed E-state index contributed by atoms with van der Waals surface area (Å²) in [4.78, 5) is 28.7. The molecule has 0 saturated carbocycles. The van der Waals surface area contributed by atoms with Gasteiger partial charge in [-0.25, -0.2) is 9.78 Å². The molecule has 3 amide bonds. The molecule has 1 saturated heterocycles. The first-order valence-corrected chi connectivity index (χ1v) is 9.03. The van der Waals surface area contributed by atoms with Crippen LogP contribution in [0.3, 0.4) is 0 Å². The zero-order valence-electron chi connectivity index (χ0n) is 15.0. The summed E-state index contributed by atoms with van der Waals surface area (Å²) in [5, 5.41) is 8.53. The maximum absolute atomic E-state index is 13.3. The molecule has 1 aliphatic rings. The number of anilines is 3. The van der Waals surface area contributed by atoms with Gasteiger partial charge in [-0.3, -0.25) is 9.69 Å². The maximum Gasteiger partial charge on any atom is 0.472 e. The number of nitrogens with zero attached hydrogens (tertiary/aromatic N) is 2. The number of halogens is 4. The predicted octanol–water partition coefficient (Wildman–Crippen LogP) is 3.45. The normalized spacial score (nSPS) is 16.3. The molecule has 2 heterocycles. The molecule has 1 aromatic heterocycles. The van der Waals surface area contributed by atoms with Crippen molar-refractivity contribution in [2.24, 2.45) is 0 Å². The van der Waals surface area contributed by atoms with E-state index in [0.29, 0.717) is 11.4 Å². The Kier molecular flexibility index (Phi) is 6.23. The Balaban J connectivity index is 1.94. The fourth-order valence-electron chi connectivity index (χ4n) is 2.86. The summed E-state index contributed by atoms with van der Waals surface area (Å²) < 4.78 is 39.8. The van der Waals surface area contributed by atoms with E-state index in [2.05, 4.69) is 20.9 Å². The van der Waals surface area contributed by atoms with Crippen LogP contribution in [0.15, 0.2) is 42.6 Å². The van der Waals surface area contributed by atoms with Crippen LogP contribution < -0.4 is 20.9 Å². The van der Waals surface area contributed by atoms with Crippen molar-refractivity contribution in [3.8, 4) is 0 Å². The molecule has 3 rings (SSSR count). The minimum atomic E-state index is -5.16. The highest BCUT2D eigenvalue weighted by molar-refractivity contribution is 6.30. The van der Waals surface area contributed by atoms with Gasteiger partial charge in [-0.1, -0.05) is 23.7 Å². The van der Waals surface area contributed by atoms with E-state index in [-0.39, 0.29) is 28.3 Å². The zero-order chi connectivity index (χ0) is 21.0. The third kappa shape index (κ3) is 5.15. The average Bonchev–Trinajstić information content (AvgIpc) is 3.17. The highest BCUT2D eigenvalue weighted by Crippen LogP contribution is 2.35. The molecular weight excluding hydrogens is 411 g/mol. The molecule has 1 atom stereocenters. The van der Waals surface area contributed by atoms with Gasteiger partial charge in [0.15, 0.2) is 0 Å². The van der Waals surface area contributed by atoms with Crippen molar-refractivity contribution in [2.45, 2.75) is 18.6 Å². The molecule has 0 aliphatic carbocycles. The highest BCUT2D eigenvalue weighted by Gasteiger charge is 2.44. The lowest BCUT2D eigenvalue weighted by molar-refractivity contribution is -0.169. The lowest BCUT2D eigenvalue weighted by Gasteiger charge is -2.25. The predicted molar refractivity (Wildman–Crippen MR) is 102 cm³/mol. The van der Waals surface area contributed by atoms with Gasteiger partial charge >= 0.3 is 18.1 Å². The van der Waals surface area contributed by atoms with Gasteiger partial charge in [-0.2, -0.15) is 13.2 Å². The molecule has 0 spiro atoms. The molecule has 11 heteroatoms. The molecule has 0 bridgehead atoms. The molecule has 1 unspecified atom stereocenters. The summed E-state index contributed by atoms with van der Waals surface area (Å²) >= 11 is 5.75. The molecule has 154 valence electrons. The first-order chi connectivity index (χ1) is 13.8. The largest absolute Gasteiger partial charge is 0.472 e. The Morgan fingerprint density at radius 1 is 1.21 bits per heavy atom. The van der Waals surface area contributed by atoms with Crippen molar-refractivity contribution in [3.05, 3.63) is 47.6 Å². The summed E-state index contributed by atoms with van der Waals surface area (Å²) in [6.45, 7) is 1.36. The summed E-state index contributed by atoms with van der Waals surface area (Å²) in [6, 6.07) is 7.49. The fourth-order valence-corrected chi connectivity index (χ4v) is 2.97. The van der Waals surface area contributed by atoms with Gasteiger partial charge in [0.1, 0.15) is 5.82 Å². The van der Waals surface area contributed by atoms with Gasteiger partial charge in [0.05, 0.1) is 16.4 Å². The molecule has 1 aromatic carbocycles. The van der Waals surface area contributed by atoms with Crippen molar-refractivity contribution in [1.29, 1.82) is 0 Å². The van der Waals surface area contributed by atoms with E-state index >= 15 is 0 Å². The maximum atomic E-state index is 13.3. The Morgan fingerprint density at radius 3 is 2.59 bits per heavy atom. The zero-order valence-corrected chi connectivity index (χ0v) is 15.7. The summed E-state index contributed by atoms with van der Waals surface area (Å²) in [7, 11) is 0. The number of hydrogen-bond donors (Lipinski definition) is 3. The quantitative estimate of drug-likeness (QED) is 0.697. The molecule has 7 nitrogen and oxygen atoms in total. The van der Waals surface area contributed by atoms with Crippen LogP contribution in [-0.2, 0) is 4.79 Å². The first kappa shape index (κ1) is 20.9. The number of urea groups is 1. The van der Waals surface area contributed by atoms with Gasteiger partial charge in [-0.15, -0.1) is 0 Å². The van der Waals surface area contributed by atoms with E-state index < -0.39 is 18.1 Å². The average molecular weight is 428 g/mol. The fraction of sp³-hybridized carbons (Fsp3) is 0.278. The summed E-state index contributed by atoms with van der Waals surface area (Å²) in [5.74, 6) is -2.44. The Morgan fingerprint density at radius 2 is 1.97 bits per heavy atom. The lowest BCUT2D eigenvalue weighted by Crippen LogP contribution is -2.41. The molecule has 3 N–H and O–H groups in total. The van der Waals surface area contributed by atoms with Gasteiger partial charge < -0.3 is 16.0 Å². The standard InChI is InChI=1S/C18H17ClF3N5O2/c19-11-5-6-15(24-9-11)27(16(28)18(20,21)22)14-4-2-1-3-13(14)26-17(29)25-12-7-8-23-10-12/h1-6,9,12,23H,7-8,10H2,(H2,25,26,29). The van der Waals surface area contributed by atoms with E-state index in [0.717, 1.165) is 19.2 Å². The van der Waals surface area contributed by atoms with Crippen molar-refractivity contribution in [2.75, 3.05) is 23.3 Å². The molecule has 2 aromatic rings. The lowest BCUT2D eigenvalue weighted by atomic mass is 10.2. The number of nitrogens with one attached hydrogen (secondary N) is 3.